The average molecular weight is 343 g/mol. The molecule has 2 aliphatic heterocycles. The van der Waals surface area contributed by atoms with E-state index in [1.807, 2.05) is 18.3 Å². The third-order valence-electron chi connectivity index (χ3n) is 3.88. The smallest absolute Gasteiger partial charge is 0.208 e. The lowest BCUT2D eigenvalue weighted by molar-refractivity contribution is 0.0354. The number of hydrogen-bond donors (Lipinski definition) is 1. The van der Waals surface area contributed by atoms with Gasteiger partial charge >= 0.3 is 0 Å². The lowest BCUT2D eigenvalue weighted by Gasteiger charge is -2.30. The lowest BCUT2D eigenvalue weighted by Crippen LogP contribution is -2.46. The summed E-state index contributed by atoms with van der Waals surface area (Å²) in [7, 11) is 0. The average Bonchev–Trinajstić information content (AvgIpc) is 2.92. The second kappa shape index (κ2) is 6.52. The number of ether oxygens (including phenoxy) is 1. The fourth-order valence-corrected chi connectivity index (χ4v) is 2.90. The van der Waals surface area contributed by atoms with Crippen molar-refractivity contribution >= 4 is 28.9 Å². The highest BCUT2D eigenvalue weighted by molar-refractivity contribution is 6.42. The predicted molar refractivity (Wildman–Crippen MR) is 87.5 cm³/mol. The first-order valence-corrected chi connectivity index (χ1v) is 7.90. The van der Waals surface area contributed by atoms with Crippen LogP contribution in [0, 0.1) is 0 Å². The van der Waals surface area contributed by atoms with Crippen LogP contribution in [0.25, 0.3) is 0 Å². The molecule has 0 saturated carbocycles. The van der Waals surface area contributed by atoms with E-state index in [2.05, 4.69) is 15.2 Å². The van der Waals surface area contributed by atoms with Gasteiger partial charge in [-0.1, -0.05) is 28.3 Å². The topological polar surface area (TPSA) is 63.2 Å². The summed E-state index contributed by atoms with van der Waals surface area (Å²) in [4.78, 5) is 2.35. The van der Waals surface area contributed by atoms with Crippen molar-refractivity contribution in [3.63, 3.8) is 0 Å². The first kappa shape index (κ1) is 15.7. The van der Waals surface area contributed by atoms with Crippen LogP contribution in [0.5, 0.6) is 0 Å². The molecule has 6 nitrogen and oxygen atoms in total. The number of nitrogens with two attached hydrogens (primary N) is 1. The molecule has 0 radical (unpaired) electrons. The summed E-state index contributed by atoms with van der Waals surface area (Å²) < 4.78 is 5.58. The second-order valence-electron chi connectivity index (χ2n) is 5.35. The van der Waals surface area contributed by atoms with Gasteiger partial charge in [-0.15, -0.1) is 4.59 Å². The van der Waals surface area contributed by atoms with E-state index in [1.165, 1.54) is 0 Å². The molecule has 1 fully saturated rings. The molecule has 0 amide bonds. The maximum atomic E-state index is 6.15. The van der Waals surface area contributed by atoms with E-state index >= 15 is 0 Å². The maximum Gasteiger partial charge on any atom is 0.208 e. The normalized spacial score (nSPS) is 25.5. The van der Waals surface area contributed by atoms with E-state index in [0.717, 1.165) is 45.1 Å². The predicted octanol–water partition coefficient (Wildman–Crippen LogP) is 2.77. The van der Waals surface area contributed by atoms with E-state index in [9.17, 15) is 0 Å². The van der Waals surface area contributed by atoms with Gasteiger partial charge in [0.2, 0.25) is 5.82 Å². The van der Waals surface area contributed by atoms with Crippen molar-refractivity contribution < 1.29 is 4.74 Å². The molecule has 3 rings (SSSR count). The van der Waals surface area contributed by atoms with Gasteiger partial charge in [-0.05, 0) is 6.07 Å². The van der Waals surface area contributed by atoms with Crippen LogP contribution < -0.4 is 10.3 Å². The molecule has 0 bridgehead atoms. The molecule has 0 spiro atoms. The van der Waals surface area contributed by atoms with Crippen LogP contribution in [-0.2, 0) is 4.74 Å². The zero-order chi connectivity index (χ0) is 15.6. The highest BCUT2D eigenvalue weighted by Gasteiger charge is 2.35. The minimum Gasteiger partial charge on any atom is -0.379 e. The Kier molecular flexibility index (Phi) is 4.65. The molecule has 2 aliphatic rings. The zero-order valence-corrected chi connectivity index (χ0v) is 13.6. The summed E-state index contributed by atoms with van der Waals surface area (Å²) in [6.07, 6.45) is 1.83. The van der Waals surface area contributed by atoms with Crippen molar-refractivity contribution in [1.29, 1.82) is 0 Å². The SMILES string of the molecule is NC1=C[N+](CCN2CCOCC2)(c2ccc(Cl)c(Cl)c2)N=N1. The molecular weight excluding hydrogens is 325 g/mol. The molecule has 22 heavy (non-hydrogen) atoms. The highest BCUT2D eigenvalue weighted by atomic mass is 35.5. The summed E-state index contributed by atoms with van der Waals surface area (Å²) in [5.41, 5.74) is 6.71. The summed E-state index contributed by atoms with van der Waals surface area (Å²) in [5, 5.41) is 9.37. The van der Waals surface area contributed by atoms with Gasteiger partial charge in [0, 0.05) is 30.4 Å². The molecule has 118 valence electrons. The molecule has 1 aromatic rings. The molecule has 1 atom stereocenters. The Morgan fingerprint density at radius 1 is 1.23 bits per heavy atom. The number of benzene rings is 1. The summed E-state index contributed by atoms with van der Waals surface area (Å²) in [6.45, 7) is 4.99. The molecule has 0 aliphatic carbocycles. The minimum absolute atomic E-state index is 0.208. The number of hydrogen-bond acceptors (Lipinski definition) is 5. The second-order valence-corrected chi connectivity index (χ2v) is 6.16. The highest BCUT2D eigenvalue weighted by Crippen LogP contribution is 2.34. The Labute approximate surface area is 139 Å². The van der Waals surface area contributed by atoms with Gasteiger partial charge in [0.05, 0.1) is 29.8 Å². The molecule has 2 N–H and O–H groups in total. The van der Waals surface area contributed by atoms with E-state index in [0.29, 0.717) is 15.9 Å². The first-order chi connectivity index (χ1) is 10.6. The first-order valence-electron chi connectivity index (χ1n) is 7.14. The minimum atomic E-state index is 0.208. The molecule has 0 aromatic heterocycles. The number of quaternary nitrogens is 1. The van der Waals surface area contributed by atoms with Crippen LogP contribution in [0.3, 0.4) is 0 Å². The fraction of sp³-hybridized carbons (Fsp3) is 0.429. The quantitative estimate of drug-likeness (QED) is 0.855. The fourth-order valence-electron chi connectivity index (χ4n) is 2.61. The van der Waals surface area contributed by atoms with Crippen LogP contribution in [0.1, 0.15) is 0 Å². The third kappa shape index (κ3) is 3.26. The van der Waals surface area contributed by atoms with Crippen LogP contribution >= 0.6 is 23.2 Å². The van der Waals surface area contributed by atoms with Gasteiger partial charge in [0.25, 0.3) is 0 Å². The van der Waals surface area contributed by atoms with E-state index in [4.69, 9.17) is 33.7 Å². The number of nitrogens with zero attached hydrogens (tertiary/aromatic N) is 4. The Morgan fingerprint density at radius 3 is 2.64 bits per heavy atom. The van der Waals surface area contributed by atoms with Crippen molar-refractivity contribution in [2.24, 2.45) is 16.1 Å². The van der Waals surface area contributed by atoms with Gasteiger partial charge < -0.3 is 10.5 Å². The Bertz CT molecular complexity index is 615. The van der Waals surface area contributed by atoms with Gasteiger partial charge in [-0.2, -0.15) is 0 Å². The van der Waals surface area contributed by atoms with Crippen molar-refractivity contribution in [2.45, 2.75) is 0 Å². The van der Waals surface area contributed by atoms with Crippen LogP contribution in [-0.4, -0.2) is 44.3 Å². The van der Waals surface area contributed by atoms with E-state index in [1.54, 1.807) is 6.07 Å². The number of morpholine rings is 1. The maximum absolute atomic E-state index is 6.15. The summed E-state index contributed by atoms with van der Waals surface area (Å²) >= 11 is 12.2. The largest absolute Gasteiger partial charge is 0.379 e. The van der Waals surface area contributed by atoms with Crippen molar-refractivity contribution in [2.75, 3.05) is 39.4 Å². The van der Waals surface area contributed by atoms with Crippen molar-refractivity contribution in [3.05, 3.63) is 40.3 Å². The van der Waals surface area contributed by atoms with Gasteiger partial charge in [0.15, 0.2) is 11.9 Å². The monoisotopic (exact) mass is 342 g/mol. The van der Waals surface area contributed by atoms with Crippen LogP contribution in [0.15, 0.2) is 40.6 Å². The molecule has 1 saturated heterocycles. The van der Waals surface area contributed by atoms with E-state index in [-0.39, 0.29) is 4.59 Å². The standard InChI is InChI=1S/C14H18Cl2N5O/c15-12-2-1-11(9-13(12)16)21(10-14(17)18-19-21)6-3-20-4-7-22-8-5-20/h1-2,9-10H,3-8,17H2/q+1. The van der Waals surface area contributed by atoms with Crippen molar-refractivity contribution in [3.8, 4) is 0 Å². The molecular formula is C14H18Cl2N5O+. The summed E-state index contributed by atoms with van der Waals surface area (Å²) in [6, 6.07) is 5.49. The lowest BCUT2D eigenvalue weighted by atomic mass is 10.2. The van der Waals surface area contributed by atoms with Gasteiger partial charge in [-0.3, -0.25) is 4.90 Å². The Balaban J connectivity index is 1.82. The zero-order valence-electron chi connectivity index (χ0n) is 12.1. The number of halogens is 2. The van der Waals surface area contributed by atoms with Gasteiger partial charge in [-0.25, -0.2) is 0 Å². The Morgan fingerprint density at radius 2 is 2.00 bits per heavy atom. The third-order valence-corrected chi connectivity index (χ3v) is 4.62. The molecule has 1 unspecified atom stereocenters. The van der Waals surface area contributed by atoms with Gasteiger partial charge in [0.1, 0.15) is 6.54 Å². The number of rotatable bonds is 4. The van der Waals surface area contributed by atoms with Crippen LogP contribution in [0.4, 0.5) is 5.69 Å². The Hall–Kier alpha value is -1.18. The molecule has 8 heteroatoms. The molecule has 1 aromatic carbocycles. The van der Waals surface area contributed by atoms with Crippen LogP contribution in [0.2, 0.25) is 10.0 Å². The van der Waals surface area contributed by atoms with Crippen molar-refractivity contribution in [1.82, 2.24) is 9.49 Å². The summed E-state index contributed by atoms with van der Waals surface area (Å²) in [5.74, 6) is 0.410. The van der Waals surface area contributed by atoms with E-state index < -0.39 is 0 Å². The molecule has 2 heterocycles.